The van der Waals surface area contributed by atoms with Crippen molar-refractivity contribution in [1.29, 1.82) is 0 Å². The zero-order valence-electron chi connectivity index (χ0n) is 11.7. The van der Waals surface area contributed by atoms with Crippen molar-refractivity contribution < 1.29 is 0 Å². The molecule has 1 aromatic heterocycles. The van der Waals surface area contributed by atoms with Gasteiger partial charge in [0.05, 0.1) is 11.4 Å². The highest BCUT2D eigenvalue weighted by atomic mass is 35.5. The molecule has 0 bridgehead atoms. The molecule has 0 spiro atoms. The molecule has 0 saturated heterocycles. The van der Waals surface area contributed by atoms with Crippen molar-refractivity contribution in [3.05, 3.63) is 46.2 Å². The molecular formula is C15H20ClN3. The summed E-state index contributed by atoms with van der Waals surface area (Å²) in [6, 6.07) is 8.05. The van der Waals surface area contributed by atoms with Crippen molar-refractivity contribution in [1.82, 2.24) is 15.1 Å². The van der Waals surface area contributed by atoms with Crippen LogP contribution in [0.25, 0.3) is 5.69 Å². The van der Waals surface area contributed by atoms with Gasteiger partial charge in [-0.25, -0.2) is 4.68 Å². The first-order valence-electron chi connectivity index (χ1n) is 6.64. The smallest absolute Gasteiger partial charge is 0.0708 e. The van der Waals surface area contributed by atoms with E-state index in [4.69, 9.17) is 11.6 Å². The summed E-state index contributed by atoms with van der Waals surface area (Å²) in [7, 11) is 0. The van der Waals surface area contributed by atoms with Gasteiger partial charge in [0.15, 0.2) is 0 Å². The van der Waals surface area contributed by atoms with Gasteiger partial charge in [-0.05, 0) is 50.6 Å². The van der Waals surface area contributed by atoms with Gasteiger partial charge in [0.1, 0.15) is 0 Å². The van der Waals surface area contributed by atoms with Crippen LogP contribution in [0.15, 0.2) is 24.3 Å². The molecular weight excluding hydrogens is 258 g/mol. The standard InChI is InChI=1S/C15H20ClN3/c1-4-7-17-10-13-5-6-14(16)9-15(13)19-12(3)8-11(2)18-19/h5-6,8-9,17H,4,7,10H2,1-3H3. The van der Waals surface area contributed by atoms with E-state index in [2.05, 4.69) is 36.4 Å². The van der Waals surface area contributed by atoms with Gasteiger partial charge in [0.25, 0.3) is 0 Å². The van der Waals surface area contributed by atoms with Gasteiger partial charge in [-0.1, -0.05) is 24.6 Å². The third-order valence-corrected chi connectivity index (χ3v) is 3.26. The third-order valence-electron chi connectivity index (χ3n) is 3.03. The molecule has 0 aliphatic carbocycles. The SMILES string of the molecule is CCCNCc1ccc(Cl)cc1-n1nc(C)cc1C. The predicted molar refractivity (Wildman–Crippen MR) is 80.0 cm³/mol. The Hall–Kier alpha value is -1.32. The van der Waals surface area contributed by atoms with E-state index in [0.717, 1.165) is 41.6 Å². The summed E-state index contributed by atoms with van der Waals surface area (Å²) in [5, 5.41) is 8.70. The molecule has 0 radical (unpaired) electrons. The first kappa shape index (κ1) is 14.1. The molecule has 2 rings (SSSR count). The highest BCUT2D eigenvalue weighted by molar-refractivity contribution is 6.30. The average molecular weight is 278 g/mol. The Balaban J connectivity index is 2.37. The Labute approximate surface area is 119 Å². The van der Waals surface area contributed by atoms with E-state index in [0.29, 0.717) is 0 Å². The average Bonchev–Trinajstić information content (AvgIpc) is 2.70. The van der Waals surface area contributed by atoms with E-state index < -0.39 is 0 Å². The fourth-order valence-corrected chi connectivity index (χ4v) is 2.32. The molecule has 4 heteroatoms. The molecule has 1 N–H and O–H groups in total. The molecule has 1 heterocycles. The highest BCUT2D eigenvalue weighted by Crippen LogP contribution is 2.21. The van der Waals surface area contributed by atoms with Gasteiger partial charge in [0.2, 0.25) is 0 Å². The molecule has 0 saturated carbocycles. The van der Waals surface area contributed by atoms with Crippen molar-refractivity contribution in [2.24, 2.45) is 0 Å². The summed E-state index contributed by atoms with van der Waals surface area (Å²) in [6.07, 6.45) is 1.13. The number of nitrogens with zero attached hydrogens (tertiary/aromatic N) is 2. The second-order valence-electron chi connectivity index (χ2n) is 4.79. The number of benzene rings is 1. The predicted octanol–water partition coefficient (Wildman–Crippen LogP) is 3.64. The van der Waals surface area contributed by atoms with Gasteiger partial charge in [-0.2, -0.15) is 5.10 Å². The summed E-state index contributed by atoms with van der Waals surface area (Å²) in [5.74, 6) is 0. The number of aryl methyl sites for hydroxylation is 2. The normalized spacial score (nSPS) is 10.9. The lowest BCUT2D eigenvalue weighted by molar-refractivity contribution is 0.669. The van der Waals surface area contributed by atoms with Gasteiger partial charge in [-0.15, -0.1) is 0 Å². The molecule has 19 heavy (non-hydrogen) atoms. The van der Waals surface area contributed by atoms with E-state index in [1.54, 1.807) is 0 Å². The lowest BCUT2D eigenvalue weighted by Crippen LogP contribution is -2.16. The lowest BCUT2D eigenvalue weighted by Gasteiger charge is -2.12. The Morgan fingerprint density at radius 2 is 2.05 bits per heavy atom. The molecule has 2 aromatic rings. The number of aromatic nitrogens is 2. The molecule has 0 aliphatic rings. The molecule has 0 atom stereocenters. The van der Waals surface area contributed by atoms with Crippen LogP contribution in [0.2, 0.25) is 5.02 Å². The molecule has 0 fully saturated rings. The van der Waals surface area contributed by atoms with Gasteiger partial charge in [0, 0.05) is 17.3 Å². The van der Waals surface area contributed by atoms with Crippen LogP contribution in [0, 0.1) is 13.8 Å². The van der Waals surface area contributed by atoms with Gasteiger partial charge >= 0.3 is 0 Å². The van der Waals surface area contributed by atoms with Crippen LogP contribution in [0.4, 0.5) is 0 Å². The van der Waals surface area contributed by atoms with E-state index in [1.807, 2.05) is 23.7 Å². The molecule has 1 aromatic carbocycles. The monoisotopic (exact) mass is 277 g/mol. The second kappa shape index (κ2) is 6.22. The maximum Gasteiger partial charge on any atom is 0.0708 e. The number of hydrogen-bond acceptors (Lipinski definition) is 2. The zero-order valence-corrected chi connectivity index (χ0v) is 12.5. The van der Waals surface area contributed by atoms with E-state index in [9.17, 15) is 0 Å². The largest absolute Gasteiger partial charge is 0.313 e. The van der Waals surface area contributed by atoms with Crippen LogP contribution < -0.4 is 5.32 Å². The van der Waals surface area contributed by atoms with Crippen molar-refractivity contribution in [3.8, 4) is 5.69 Å². The van der Waals surface area contributed by atoms with Crippen molar-refractivity contribution >= 4 is 11.6 Å². The van der Waals surface area contributed by atoms with Crippen LogP contribution in [-0.4, -0.2) is 16.3 Å². The quantitative estimate of drug-likeness (QED) is 0.846. The summed E-state index contributed by atoms with van der Waals surface area (Å²) in [6.45, 7) is 8.07. The van der Waals surface area contributed by atoms with Gasteiger partial charge < -0.3 is 5.32 Å². The number of halogens is 1. The maximum atomic E-state index is 6.13. The number of rotatable bonds is 5. The fraction of sp³-hybridized carbons (Fsp3) is 0.400. The second-order valence-corrected chi connectivity index (χ2v) is 5.23. The maximum absolute atomic E-state index is 6.13. The van der Waals surface area contributed by atoms with E-state index >= 15 is 0 Å². The Kier molecular flexibility index (Phi) is 4.61. The van der Waals surface area contributed by atoms with Crippen LogP contribution >= 0.6 is 11.6 Å². The Bertz CT molecular complexity index is 561. The van der Waals surface area contributed by atoms with Crippen LogP contribution in [0.1, 0.15) is 30.3 Å². The summed E-state index contributed by atoms with van der Waals surface area (Å²) >= 11 is 6.13. The highest BCUT2D eigenvalue weighted by Gasteiger charge is 2.09. The minimum atomic E-state index is 0.738. The molecule has 0 unspecified atom stereocenters. The Morgan fingerprint density at radius 1 is 1.26 bits per heavy atom. The van der Waals surface area contributed by atoms with Crippen LogP contribution in [-0.2, 0) is 6.54 Å². The topological polar surface area (TPSA) is 29.9 Å². The summed E-state index contributed by atoms with van der Waals surface area (Å²) in [4.78, 5) is 0. The summed E-state index contributed by atoms with van der Waals surface area (Å²) < 4.78 is 1.96. The van der Waals surface area contributed by atoms with Crippen LogP contribution in [0.5, 0.6) is 0 Å². The van der Waals surface area contributed by atoms with E-state index in [-0.39, 0.29) is 0 Å². The third kappa shape index (κ3) is 3.37. The number of hydrogen-bond donors (Lipinski definition) is 1. The van der Waals surface area contributed by atoms with E-state index in [1.165, 1.54) is 5.56 Å². The lowest BCUT2D eigenvalue weighted by atomic mass is 10.1. The molecule has 3 nitrogen and oxygen atoms in total. The molecule has 102 valence electrons. The van der Waals surface area contributed by atoms with Crippen LogP contribution in [0.3, 0.4) is 0 Å². The Morgan fingerprint density at radius 3 is 2.68 bits per heavy atom. The minimum Gasteiger partial charge on any atom is -0.313 e. The summed E-state index contributed by atoms with van der Waals surface area (Å²) in [5.41, 5.74) is 4.41. The van der Waals surface area contributed by atoms with Gasteiger partial charge in [-0.3, -0.25) is 0 Å². The van der Waals surface area contributed by atoms with Crippen molar-refractivity contribution in [2.75, 3.05) is 6.54 Å². The number of nitrogens with one attached hydrogen (secondary N) is 1. The fourth-order valence-electron chi connectivity index (χ4n) is 2.16. The molecule has 0 amide bonds. The molecule has 0 aliphatic heterocycles. The first-order valence-corrected chi connectivity index (χ1v) is 7.02. The van der Waals surface area contributed by atoms with Crippen molar-refractivity contribution in [3.63, 3.8) is 0 Å². The zero-order chi connectivity index (χ0) is 13.8. The first-order chi connectivity index (χ1) is 9.11. The minimum absolute atomic E-state index is 0.738. The van der Waals surface area contributed by atoms with Crippen molar-refractivity contribution in [2.45, 2.75) is 33.7 Å².